The Balaban J connectivity index is 1.46. The second kappa shape index (κ2) is 9.17. The Morgan fingerprint density at radius 2 is 1.97 bits per heavy atom. The number of hydrogen-bond acceptors (Lipinski definition) is 6. The van der Waals surface area contributed by atoms with Crippen LogP contribution in [0.1, 0.15) is 15.9 Å². The molecule has 1 amide bonds. The van der Waals surface area contributed by atoms with E-state index in [0.717, 1.165) is 6.07 Å². The predicted octanol–water partition coefficient (Wildman–Crippen LogP) is 2.77. The molecule has 0 bridgehead atoms. The Bertz CT molecular complexity index is 1400. The normalized spacial score (nSPS) is 11.0. The molecule has 2 heterocycles. The summed E-state index contributed by atoms with van der Waals surface area (Å²) in [5.74, 6) is -1.38. The quantitative estimate of drug-likeness (QED) is 0.327. The summed E-state index contributed by atoms with van der Waals surface area (Å²) >= 11 is 5.90. The third kappa shape index (κ3) is 4.58. The second-order valence-electron chi connectivity index (χ2n) is 7.06. The fourth-order valence-corrected chi connectivity index (χ4v) is 3.52. The van der Waals surface area contributed by atoms with Gasteiger partial charge in [-0.1, -0.05) is 29.8 Å². The van der Waals surface area contributed by atoms with Crippen molar-refractivity contribution in [2.75, 3.05) is 6.54 Å². The van der Waals surface area contributed by atoms with Crippen molar-refractivity contribution in [3.8, 4) is 0 Å². The van der Waals surface area contributed by atoms with Crippen LogP contribution in [0.15, 0.2) is 59.8 Å². The van der Waals surface area contributed by atoms with Crippen LogP contribution in [0.25, 0.3) is 11.0 Å². The molecule has 2 aromatic carbocycles. The number of nitro benzene ring substituents is 1. The monoisotopic (exact) mass is 470 g/mol. The van der Waals surface area contributed by atoms with Crippen LogP contribution in [0.3, 0.4) is 0 Å². The summed E-state index contributed by atoms with van der Waals surface area (Å²) in [4.78, 5) is 39.6. The topological polar surface area (TPSA) is 125 Å². The van der Waals surface area contributed by atoms with Gasteiger partial charge in [0.1, 0.15) is 17.5 Å². The fraction of sp³-hybridized carbons (Fsp3) is 0.143. The number of benzene rings is 2. The van der Waals surface area contributed by atoms with Gasteiger partial charge in [0.05, 0.1) is 34.8 Å². The molecule has 0 fully saturated rings. The largest absolute Gasteiger partial charge is 0.350 e. The van der Waals surface area contributed by atoms with Crippen molar-refractivity contribution in [2.24, 2.45) is 0 Å². The summed E-state index contributed by atoms with van der Waals surface area (Å²) in [6.45, 7) is 0.484. The van der Waals surface area contributed by atoms with Crippen molar-refractivity contribution in [3.05, 3.63) is 97.4 Å². The van der Waals surface area contributed by atoms with E-state index in [2.05, 4.69) is 15.4 Å². The highest BCUT2D eigenvalue weighted by atomic mass is 35.5. The Morgan fingerprint density at radius 3 is 2.67 bits per heavy atom. The molecule has 0 saturated heterocycles. The van der Waals surface area contributed by atoms with Crippen LogP contribution >= 0.6 is 11.6 Å². The number of halogens is 2. The van der Waals surface area contributed by atoms with Crippen LogP contribution in [-0.4, -0.2) is 36.7 Å². The molecule has 0 aliphatic rings. The first-order chi connectivity index (χ1) is 15.8. The molecule has 0 unspecified atom stereocenters. The first-order valence-corrected chi connectivity index (χ1v) is 10.1. The van der Waals surface area contributed by atoms with Gasteiger partial charge in [-0.05, 0) is 17.7 Å². The number of nitrogens with zero attached hydrogens (tertiary/aromatic N) is 5. The highest BCUT2D eigenvalue weighted by molar-refractivity contribution is 6.33. The maximum absolute atomic E-state index is 13.9. The number of nitrogens with one attached hydrogen (secondary N) is 1. The number of hydrogen-bond donors (Lipinski definition) is 1. The van der Waals surface area contributed by atoms with E-state index in [0.29, 0.717) is 11.2 Å². The highest BCUT2D eigenvalue weighted by Crippen LogP contribution is 2.18. The summed E-state index contributed by atoms with van der Waals surface area (Å²) < 4.78 is 16.7. The number of nitro groups is 1. The molecule has 1 N–H and O–H groups in total. The molecule has 0 atom stereocenters. The number of amides is 1. The Morgan fingerprint density at radius 1 is 1.21 bits per heavy atom. The number of carbonyl (C=O) groups excluding carboxylic acids is 1. The van der Waals surface area contributed by atoms with Crippen LogP contribution in [0.4, 0.5) is 10.1 Å². The molecule has 0 spiro atoms. The van der Waals surface area contributed by atoms with Gasteiger partial charge in [-0.25, -0.2) is 14.1 Å². The Labute approximate surface area is 190 Å². The lowest BCUT2D eigenvalue weighted by molar-refractivity contribution is -0.384. The molecular formula is C21H16ClFN6O4. The van der Waals surface area contributed by atoms with Gasteiger partial charge in [-0.2, -0.15) is 5.10 Å². The molecule has 12 heteroatoms. The standard InChI is InChI=1S/C21H16ClFN6O4/c22-16-2-1-3-17(23)18(16)20(30)24-8-9-28-19-15(10-26-28)21(31)27(12-25-19)11-13-4-6-14(7-5-13)29(32)33/h1-7,10,12H,8-9,11H2,(H,24,30). The molecule has 0 radical (unpaired) electrons. The lowest BCUT2D eigenvalue weighted by Crippen LogP contribution is -2.28. The first kappa shape index (κ1) is 22.1. The van der Waals surface area contributed by atoms with E-state index in [4.69, 9.17) is 11.6 Å². The van der Waals surface area contributed by atoms with Crippen molar-refractivity contribution in [1.82, 2.24) is 24.6 Å². The third-order valence-corrected chi connectivity index (χ3v) is 5.24. The van der Waals surface area contributed by atoms with Crippen LogP contribution in [0.5, 0.6) is 0 Å². The molecule has 4 rings (SSSR count). The van der Waals surface area contributed by atoms with Crippen LogP contribution in [0.2, 0.25) is 5.02 Å². The molecule has 2 aromatic heterocycles. The van der Waals surface area contributed by atoms with Crippen LogP contribution < -0.4 is 10.9 Å². The highest BCUT2D eigenvalue weighted by Gasteiger charge is 2.16. The smallest absolute Gasteiger partial charge is 0.269 e. The Kier molecular flexibility index (Phi) is 6.13. The van der Waals surface area contributed by atoms with Crippen molar-refractivity contribution in [1.29, 1.82) is 0 Å². The molecule has 10 nitrogen and oxygen atoms in total. The molecule has 0 aliphatic carbocycles. The predicted molar refractivity (Wildman–Crippen MR) is 118 cm³/mol. The van der Waals surface area contributed by atoms with E-state index < -0.39 is 16.6 Å². The van der Waals surface area contributed by atoms with Crippen LogP contribution in [0, 0.1) is 15.9 Å². The van der Waals surface area contributed by atoms with Gasteiger partial charge in [0.2, 0.25) is 0 Å². The minimum Gasteiger partial charge on any atom is -0.350 e. The minimum absolute atomic E-state index is 0.00674. The van der Waals surface area contributed by atoms with E-state index >= 15 is 0 Å². The molecule has 0 saturated carbocycles. The summed E-state index contributed by atoms with van der Waals surface area (Å²) in [6, 6.07) is 9.86. The summed E-state index contributed by atoms with van der Waals surface area (Å²) in [7, 11) is 0. The first-order valence-electron chi connectivity index (χ1n) is 9.71. The zero-order valence-electron chi connectivity index (χ0n) is 16.9. The molecule has 0 aliphatic heterocycles. The molecule has 4 aromatic rings. The number of carbonyl (C=O) groups is 1. The maximum atomic E-state index is 13.9. The number of non-ortho nitro benzene ring substituents is 1. The Hall–Kier alpha value is -4.12. The zero-order valence-corrected chi connectivity index (χ0v) is 17.7. The van der Waals surface area contributed by atoms with Crippen molar-refractivity contribution >= 4 is 34.2 Å². The number of rotatable bonds is 7. The summed E-state index contributed by atoms with van der Waals surface area (Å²) in [6.07, 6.45) is 2.74. The lowest BCUT2D eigenvalue weighted by Gasteiger charge is -2.09. The summed E-state index contributed by atoms with van der Waals surface area (Å²) in [5, 5.41) is 17.8. The van der Waals surface area contributed by atoms with E-state index in [9.17, 15) is 24.1 Å². The van der Waals surface area contributed by atoms with Gasteiger partial charge in [-0.15, -0.1) is 0 Å². The SMILES string of the molecule is O=C(NCCn1ncc2c(=O)n(Cc3ccc([N+](=O)[O-])cc3)cnc21)c1c(F)cccc1Cl. The molecule has 33 heavy (non-hydrogen) atoms. The summed E-state index contributed by atoms with van der Waals surface area (Å²) in [5.41, 5.74) is 0.428. The molecular weight excluding hydrogens is 455 g/mol. The number of aromatic nitrogens is 4. The van der Waals surface area contributed by atoms with Crippen molar-refractivity contribution < 1.29 is 14.1 Å². The van der Waals surface area contributed by atoms with Gasteiger partial charge < -0.3 is 5.32 Å². The van der Waals surface area contributed by atoms with Crippen LogP contribution in [-0.2, 0) is 13.1 Å². The zero-order chi connectivity index (χ0) is 23.5. The van der Waals surface area contributed by atoms with Gasteiger partial charge >= 0.3 is 0 Å². The van der Waals surface area contributed by atoms with E-state index in [1.165, 1.54) is 46.0 Å². The van der Waals surface area contributed by atoms with Gasteiger partial charge in [0, 0.05) is 18.7 Å². The lowest BCUT2D eigenvalue weighted by atomic mass is 10.2. The average Bonchev–Trinajstić information content (AvgIpc) is 3.20. The molecule has 168 valence electrons. The van der Waals surface area contributed by atoms with Crippen molar-refractivity contribution in [3.63, 3.8) is 0 Å². The van der Waals surface area contributed by atoms with Crippen molar-refractivity contribution in [2.45, 2.75) is 13.1 Å². The number of fused-ring (bicyclic) bond motifs is 1. The minimum atomic E-state index is -0.722. The van der Waals surface area contributed by atoms with Gasteiger partial charge in [0.15, 0.2) is 5.65 Å². The fourth-order valence-electron chi connectivity index (χ4n) is 3.27. The third-order valence-electron chi connectivity index (χ3n) is 4.92. The second-order valence-corrected chi connectivity index (χ2v) is 7.47. The van der Waals surface area contributed by atoms with E-state index in [-0.39, 0.29) is 46.9 Å². The average molecular weight is 471 g/mol. The maximum Gasteiger partial charge on any atom is 0.269 e. The van der Waals surface area contributed by atoms with E-state index in [1.807, 2.05) is 0 Å². The van der Waals surface area contributed by atoms with Gasteiger partial charge in [-0.3, -0.25) is 24.3 Å². The van der Waals surface area contributed by atoms with E-state index in [1.54, 1.807) is 12.1 Å². The van der Waals surface area contributed by atoms with Gasteiger partial charge in [0.25, 0.3) is 17.2 Å².